The Hall–Kier alpha value is 0.0500. The second kappa shape index (κ2) is 17.1. The summed E-state index contributed by atoms with van der Waals surface area (Å²) < 4.78 is 20.7. The Kier molecular flexibility index (Phi) is 21.4. The van der Waals surface area contributed by atoms with E-state index in [2.05, 4.69) is 6.92 Å². The van der Waals surface area contributed by atoms with Crippen molar-refractivity contribution in [1.82, 2.24) is 0 Å². The minimum atomic E-state index is -1.85. The number of hydrogen-bond donors (Lipinski definition) is 2. The van der Waals surface area contributed by atoms with Gasteiger partial charge in [0.15, 0.2) is 0 Å². The molecule has 2 atom stereocenters. The van der Waals surface area contributed by atoms with Crippen LogP contribution < -0.4 is 29.6 Å². The molecule has 0 aromatic carbocycles. The van der Waals surface area contributed by atoms with Crippen LogP contribution in [-0.4, -0.2) is 36.7 Å². The molecule has 0 radical (unpaired) electrons. The van der Waals surface area contributed by atoms with Crippen molar-refractivity contribution in [2.24, 2.45) is 5.92 Å². The molecule has 6 nitrogen and oxygen atoms in total. The van der Waals surface area contributed by atoms with Crippen molar-refractivity contribution in [3.63, 3.8) is 0 Å². The summed E-state index contributed by atoms with van der Waals surface area (Å²) in [5, 5.41) is 15.8. The largest absolute Gasteiger partial charge is 1.00 e. The third-order valence-corrected chi connectivity index (χ3v) is 3.21. The summed E-state index contributed by atoms with van der Waals surface area (Å²) in [6, 6.07) is 0. The van der Waals surface area contributed by atoms with E-state index in [0.717, 1.165) is 25.7 Å². The Morgan fingerprint density at radius 1 is 1.15 bits per heavy atom. The van der Waals surface area contributed by atoms with E-state index >= 15 is 0 Å². The van der Waals surface area contributed by atoms with E-state index in [1.807, 2.05) is 6.92 Å². The molecule has 0 aliphatic carbocycles. The molecule has 20 heavy (non-hydrogen) atoms. The maximum atomic E-state index is 10.3. The summed E-state index contributed by atoms with van der Waals surface area (Å²) in [5.74, 6) is -1.43. The zero-order valence-electron chi connectivity index (χ0n) is 12.5. The Morgan fingerprint density at radius 2 is 1.60 bits per heavy atom. The average molecular weight is 318 g/mol. The molecule has 0 saturated heterocycles. The number of carbonyl (C=O) groups is 2. The molecular formula is C12H23NaO6S. The molecule has 0 rings (SSSR count). The Labute approximate surface area is 144 Å². The predicted octanol–water partition coefficient (Wildman–Crippen LogP) is -0.978. The van der Waals surface area contributed by atoms with Gasteiger partial charge in [-0.15, -0.1) is 0 Å². The van der Waals surface area contributed by atoms with Crippen molar-refractivity contribution in [1.29, 1.82) is 0 Å². The standard InChI is InChI=1S/C8H18O2S.C4H6O4.Na/c1-3-5-6-8(4-2)7-11(9)10;5-3(6)1-2-4(7)8;/h8H,3-7H2,1-2H3,(H,9,10);1-2H2,(H,5,6)(H,7,8);/q;;+1/p-1. The van der Waals surface area contributed by atoms with Crippen LogP contribution in [0.4, 0.5) is 0 Å². The molecule has 0 fully saturated rings. The number of carboxylic acids is 2. The maximum absolute atomic E-state index is 10.3. The van der Waals surface area contributed by atoms with E-state index in [0.29, 0.717) is 11.7 Å². The van der Waals surface area contributed by atoms with Crippen molar-refractivity contribution in [3.8, 4) is 0 Å². The molecule has 2 unspecified atom stereocenters. The summed E-state index contributed by atoms with van der Waals surface area (Å²) in [4.78, 5) is 19.3. The Bertz CT molecular complexity index is 271. The topological polar surface area (TPSA) is 115 Å². The van der Waals surface area contributed by atoms with Gasteiger partial charge in [-0.1, -0.05) is 44.2 Å². The van der Waals surface area contributed by atoms with E-state index in [-0.39, 0.29) is 42.4 Å². The Balaban J connectivity index is -0.000000288. The minimum absolute atomic E-state index is 0. The fraction of sp³-hybridized carbons (Fsp3) is 0.833. The minimum Gasteiger partial charge on any atom is -0.772 e. The third kappa shape index (κ3) is 23.2. The van der Waals surface area contributed by atoms with Crippen LogP contribution >= 0.6 is 0 Å². The molecule has 0 aliphatic rings. The summed E-state index contributed by atoms with van der Waals surface area (Å²) in [7, 11) is 0. The van der Waals surface area contributed by atoms with Gasteiger partial charge in [0.25, 0.3) is 0 Å². The van der Waals surface area contributed by atoms with Gasteiger partial charge in [-0.2, -0.15) is 0 Å². The second-order valence-corrected chi connectivity index (χ2v) is 5.12. The molecular weight excluding hydrogens is 295 g/mol. The quantitative estimate of drug-likeness (QED) is 0.417. The Morgan fingerprint density at radius 3 is 1.85 bits per heavy atom. The first kappa shape index (κ1) is 25.0. The first-order chi connectivity index (χ1) is 8.83. The van der Waals surface area contributed by atoms with Gasteiger partial charge in [0, 0.05) is 5.75 Å². The molecule has 0 aliphatic heterocycles. The molecule has 8 heteroatoms. The monoisotopic (exact) mass is 318 g/mol. The summed E-state index contributed by atoms with van der Waals surface area (Å²) >= 11 is -1.85. The fourth-order valence-corrected chi connectivity index (χ4v) is 2.09. The van der Waals surface area contributed by atoms with Gasteiger partial charge in [-0.3, -0.25) is 13.8 Å². The molecule has 0 amide bonds. The normalized spacial score (nSPS) is 12.3. The molecule has 0 aromatic heterocycles. The smallest absolute Gasteiger partial charge is 0.772 e. The van der Waals surface area contributed by atoms with Crippen LogP contribution in [0.25, 0.3) is 0 Å². The number of hydrogen-bond acceptors (Lipinski definition) is 4. The number of aliphatic carboxylic acids is 2. The molecule has 0 spiro atoms. The molecule has 114 valence electrons. The number of carboxylic acid groups (broad SMARTS) is 2. The van der Waals surface area contributed by atoms with E-state index in [9.17, 15) is 18.4 Å². The van der Waals surface area contributed by atoms with Crippen molar-refractivity contribution >= 4 is 23.0 Å². The van der Waals surface area contributed by atoms with E-state index in [4.69, 9.17) is 10.2 Å². The van der Waals surface area contributed by atoms with Crippen LogP contribution in [-0.2, 0) is 20.7 Å². The van der Waals surface area contributed by atoms with Crippen molar-refractivity contribution < 1.29 is 58.1 Å². The molecule has 0 heterocycles. The van der Waals surface area contributed by atoms with Gasteiger partial charge in [0.2, 0.25) is 0 Å². The van der Waals surface area contributed by atoms with Crippen molar-refractivity contribution in [2.75, 3.05) is 5.75 Å². The molecule has 0 bridgehead atoms. The SMILES string of the molecule is CCCCC(CC)CS(=O)[O-].O=C(O)CCC(=O)O.[Na+]. The van der Waals surface area contributed by atoms with Gasteiger partial charge in [0.1, 0.15) is 0 Å². The van der Waals surface area contributed by atoms with Crippen LogP contribution in [0, 0.1) is 5.92 Å². The van der Waals surface area contributed by atoms with Crippen LogP contribution in [0.15, 0.2) is 0 Å². The van der Waals surface area contributed by atoms with Crippen molar-refractivity contribution in [3.05, 3.63) is 0 Å². The molecule has 2 N–H and O–H groups in total. The number of unbranched alkanes of at least 4 members (excludes halogenated alkanes) is 1. The van der Waals surface area contributed by atoms with Gasteiger partial charge in [0.05, 0.1) is 12.8 Å². The molecule has 0 saturated carbocycles. The zero-order valence-corrected chi connectivity index (χ0v) is 15.3. The fourth-order valence-electron chi connectivity index (χ4n) is 1.30. The van der Waals surface area contributed by atoms with Crippen LogP contribution in [0.5, 0.6) is 0 Å². The third-order valence-electron chi connectivity index (χ3n) is 2.47. The summed E-state index contributed by atoms with van der Waals surface area (Å²) in [6.07, 6.45) is 3.75. The maximum Gasteiger partial charge on any atom is 1.00 e. The van der Waals surface area contributed by atoms with Gasteiger partial charge >= 0.3 is 41.5 Å². The first-order valence-corrected chi connectivity index (χ1v) is 7.57. The summed E-state index contributed by atoms with van der Waals surface area (Å²) in [5.41, 5.74) is 0. The van der Waals surface area contributed by atoms with E-state index in [1.54, 1.807) is 0 Å². The van der Waals surface area contributed by atoms with E-state index < -0.39 is 23.0 Å². The predicted molar refractivity (Wildman–Crippen MR) is 71.6 cm³/mol. The average Bonchev–Trinajstić information content (AvgIpc) is 2.32. The van der Waals surface area contributed by atoms with Gasteiger partial charge in [-0.05, 0) is 12.3 Å². The van der Waals surface area contributed by atoms with Gasteiger partial charge < -0.3 is 14.8 Å². The van der Waals surface area contributed by atoms with Crippen LogP contribution in [0.3, 0.4) is 0 Å². The van der Waals surface area contributed by atoms with Crippen molar-refractivity contribution in [2.45, 2.75) is 52.4 Å². The first-order valence-electron chi connectivity index (χ1n) is 6.32. The van der Waals surface area contributed by atoms with Crippen LogP contribution in [0.1, 0.15) is 52.4 Å². The van der Waals surface area contributed by atoms with E-state index in [1.165, 1.54) is 0 Å². The second-order valence-electron chi connectivity index (χ2n) is 4.17. The molecule has 0 aromatic rings. The zero-order chi connectivity index (χ0) is 15.3. The summed E-state index contributed by atoms with van der Waals surface area (Å²) in [6.45, 7) is 4.17. The van der Waals surface area contributed by atoms with Gasteiger partial charge in [-0.25, -0.2) is 0 Å². The van der Waals surface area contributed by atoms with Crippen LogP contribution in [0.2, 0.25) is 0 Å². The number of rotatable bonds is 9.